The van der Waals surface area contributed by atoms with Crippen LogP contribution >= 0.6 is 0 Å². The van der Waals surface area contributed by atoms with Crippen LogP contribution in [0.3, 0.4) is 0 Å². The van der Waals surface area contributed by atoms with Crippen molar-refractivity contribution in [3.8, 4) is 0 Å². The Balaban J connectivity index is 1.95. The number of carbonyl (C=O) groups excluding carboxylic acids is 1. The number of anilines is 2. The average Bonchev–Trinajstić information content (AvgIpc) is 2.40. The zero-order valence-corrected chi connectivity index (χ0v) is 11.8. The number of aryl methyl sites for hydroxylation is 1. The zero-order valence-electron chi connectivity index (χ0n) is 11.8. The molecule has 0 bridgehead atoms. The number of amides is 1. The number of carbonyl (C=O) groups is 1. The molecule has 0 aromatic heterocycles. The molecule has 0 fully saturated rings. The third-order valence-electron chi connectivity index (χ3n) is 3.22. The van der Waals surface area contributed by atoms with Gasteiger partial charge < -0.3 is 16.8 Å². The van der Waals surface area contributed by atoms with Crippen LogP contribution in [0.4, 0.5) is 15.8 Å². The van der Waals surface area contributed by atoms with Gasteiger partial charge in [-0.15, -0.1) is 0 Å². The predicted molar refractivity (Wildman–Crippen MR) is 82.4 cm³/mol. The Morgan fingerprint density at radius 2 is 1.81 bits per heavy atom. The molecule has 0 aliphatic heterocycles. The summed E-state index contributed by atoms with van der Waals surface area (Å²) in [6, 6.07) is 9.39. The van der Waals surface area contributed by atoms with Gasteiger partial charge in [-0.2, -0.15) is 0 Å². The first-order valence-electron chi connectivity index (χ1n) is 6.65. The lowest BCUT2D eigenvalue weighted by molar-refractivity contribution is 0.0954. The van der Waals surface area contributed by atoms with Crippen LogP contribution in [0, 0.1) is 12.7 Å². The zero-order chi connectivity index (χ0) is 15.4. The summed E-state index contributed by atoms with van der Waals surface area (Å²) in [7, 11) is 0. The molecule has 0 saturated carbocycles. The van der Waals surface area contributed by atoms with Gasteiger partial charge in [0.1, 0.15) is 5.82 Å². The summed E-state index contributed by atoms with van der Waals surface area (Å²) in [5, 5.41) is 2.80. The Hall–Kier alpha value is -2.56. The van der Waals surface area contributed by atoms with E-state index in [4.69, 9.17) is 11.5 Å². The lowest BCUT2D eigenvalue weighted by Gasteiger charge is -2.09. The number of nitrogen functional groups attached to an aromatic ring is 2. The third-order valence-corrected chi connectivity index (χ3v) is 3.22. The summed E-state index contributed by atoms with van der Waals surface area (Å²) in [4.78, 5) is 12.0. The average molecular weight is 287 g/mol. The van der Waals surface area contributed by atoms with Crippen LogP contribution in [0.25, 0.3) is 0 Å². The second-order valence-electron chi connectivity index (χ2n) is 4.97. The van der Waals surface area contributed by atoms with E-state index in [9.17, 15) is 9.18 Å². The number of rotatable bonds is 4. The number of nitrogens with one attached hydrogen (secondary N) is 1. The van der Waals surface area contributed by atoms with Crippen molar-refractivity contribution in [3.05, 3.63) is 58.9 Å². The largest absolute Gasteiger partial charge is 0.399 e. The van der Waals surface area contributed by atoms with Crippen LogP contribution in [0.5, 0.6) is 0 Å². The molecule has 21 heavy (non-hydrogen) atoms. The fourth-order valence-corrected chi connectivity index (χ4v) is 2.16. The minimum absolute atomic E-state index is 0.228. The smallest absolute Gasteiger partial charge is 0.251 e. The van der Waals surface area contributed by atoms with Crippen LogP contribution in [-0.4, -0.2) is 12.5 Å². The molecule has 0 unspecified atom stereocenters. The summed E-state index contributed by atoms with van der Waals surface area (Å²) in [6.45, 7) is 2.30. The van der Waals surface area contributed by atoms with E-state index in [0.29, 0.717) is 29.9 Å². The fourth-order valence-electron chi connectivity index (χ4n) is 2.16. The molecule has 0 aliphatic carbocycles. The quantitative estimate of drug-likeness (QED) is 0.755. The maximum atomic E-state index is 13.0. The topological polar surface area (TPSA) is 81.1 Å². The summed E-state index contributed by atoms with van der Waals surface area (Å²) in [5.41, 5.74) is 14.5. The lowest BCUT2D eigenvalue weighted by atomic mass is 10.1. The maximum Gasteiger partial charge on any atom is 0.251 e. The van der Waals surface area contributed by atoms with Gasteiger partial charge in [0, 0.05) is 23.5 Å². The minimum atomic E-state index is -0.254. The fraction of sp³-hybridized carbons (Fsp3) is 0.188. The molecule has 4 nitrogen and oxygen atoms in total. The van der Waals surface area contributed by atoms with E-state index >= 15 is 0 Å². The SMILES string of the molecule is Cc1cc(F)ccc1CCNC(=O)c1cc(N)cc(N)c1. The van der Waals surface area contributed by atoms with Crippen molar-refractivity contribution in [2.75, 3.05) is 18.0 Å². The van der Waals surface area contributed by atoms with Crippen LogP contribution in [0.2, 0.25) is 0 Å². The molecule has 0 aliphatic rings. The van der Waals surface area contributed by atoms with E-state index in [1.54, 1.807) is 24.3 Å². The van der Waals surface area contributed by atoms with Crippen molar-refractivity contribution < 1.29 is 9.18 Å². The first-order valence-corrected chi connectivity index (χ1v) is 6.65. The molecule has 0 spiro atoms. The number of nitrogens with two attached hydrogens (primary N) is 2. The van der Waals surface area contributed by atoms with Crippen LogP contribution in [0.1, 0.15) is 21.5 Å². The highest BCUT2D eigenvalue weighted by Crippen LogP contribution is 2.14. The molecular weight excluding hydrogens is 269 g/mol. The van der Waals surface area contributed by atoms with Gasteiger partial charge in [-0.25, -0.2) is 4.39 Å². The molecule has 0 saturated heterocycles. The van der Waals surface area contributed by atoms with Crippen molar-refractivity contribution >= 4 is 17.3 Å². The van der Waals surface area contributed by atoms with Gasteiger partial charge in [0.15, 0.2) is 0 Å². The van der Waals surface area contributed by atoms with Gasteiger partial charge in [0.2, 0.25) is 0 Å². The number of hydrogen-bond acceptors (Lipinski definition) is 3. The molecule has 5 N–H and O–H groups in total. The van der Waals surface area contributed by atoms with Crippen molar-refractivity contribution in [2.45, 2.75) is 13.3 Å². The molecule has 2 rings (SSSR count). The predicted octanol–water partition coefficient (Wildman–Crippen LogP) is 2.27. The Labute approximate surface area is 123 Å². The summed E-state index contributed by atoms with van der Waals surface area (Å²) < 4.78 is 13.0. The standard InChI is InChI=1S/C16H18FN3O/c1-10-6-13(17)3-2-11(10)4-5-20-16(21)12-7-14(18)9-15(19)8-12/h2-3,6-9H,4-5,18-19H2,1H3,(H,20,21). The highest BCUT2D eigenvalue weighted by molar-refractivity contribution is 5.96. The van der Waals surface area contributed by atoms with E-state index < -0.39 is 0 Å². The molecule has 1 amide bonds. The Morgan fingerprint density at radius 3 is 2.43 bits per heavy atom. The van der Waals surface area contributed by atoms with Crippen molar-refractivity contribution in [1.82, 2.24) is 5.32 Å². The van der Waals surface area contributed by atoms with Crippen molar-refractivity contribution in [3.63, 3.8) is 0 Å². The van der Waals surface area contributed by atoms with Crippen LogP contribution < -0.4 is 16.8 Å². The van der Waals surface area contributed by atoms with Gasteiger partial charge in [-0.05, 0) is 54.8 Å². The molecule has 0 atom stereocenters. The summed E-state index contributed by atoms with van der Waals surface area (Å²) in [5.74, 6) is -0.482. The van der Waals surface area contributed by atoms with Gasteiger partial charge >= 0.3 is 0 Å². The van der Waals surface area contributed by atoms with E-state index in [0.717, 1.165) is 11.1 Å². The van der Waals surface area contributed by atoms with Crippen molar-refractivity contribution in [2.24, 2.45) is 0 Å². The normalized spacial score (nSPS) is 10.4. The highest BCUT2D eigenvalue weighted by atomic mass is 19.1. The van der Waals surface area contributed by atoms with Gasteiger partial charge in [-0.3, -0.25) is 4.79 Å². The van der Waals surface area contributed by atoms with Gasteiger partial charge in [0.25, 0.3) is 5.91 Å². The third kappa shape index (κ3) is 3.95. The van der Waals surface area contributed by atoms with Crippen LogP contribution in [0.15, 0.2) is 36.4 Å². The lowest BCUT2D eigenvalue weighted by Crippen LogP contribution is -2.26. The van der Waals surface area contributed by atoms with Gasteiger partial charge in [-0.1, -0.05) is 6.07 Å². The molecule has 0 radical (unpaired) electrons. The highest BCUT2D eigenvalue weighted by Gasteiger charge is 2.07. The maximum absolute atomic E-state index is 13.0. The van der Waals surface area contributed by atoms with E-state index in [-0.39, 0.29) is 11.7 Å². The van der Waals surface area contributed by atoms with E-state index in [1.165, 1.54) is 12.1 Å². The number of hydrogen-bond donors (Lipinski definition) is 3. The second-order valence-corrected chi connectivity index (χ2v) is 4.97. The number of benzene rings is 2. The molecular formula is C16H18FN3O. The van der Waals surface area contributed by atoms with Crippen molar-refractivity contribution in [1.29, 1.82) is 0 Å². The van der Waals surface area contributed by atoms with E-state index in [2.05, 4.69) is 5.32 Å². The molecule has 0 heterocycles. The Morgan fingerprint density at radius 1 is 1.14 bits per heavy atom. The summed E-state index contributed by atoms with van der Waals surface area (Å²) >= 11 is 0. The summed E-state index contributed by atoms with van der Waals surface area (Å²) in [6.07, 6.45) is 0.635. The van der Waals surface area contributed by atoms with E-state index in [1.807, 2.05) is 6.92 Å². The molecule has 2 aromatic carbocycles. The minimum Gasteiger partial charge on any atom is -0.399 e. The van der Waals surface area contributed by atoms with Crippen LogP contribution in [-0.2, 0) is 6.42 Å². The molecule has 5 heteroatoms. The van der Waals surface area contributed by atoms with Gasteiger partial charge in [0.05, 0.1) is 0 Å². The Kier molecular flexibility index (Phi) is 4.42. The molecule has 2 aromatic rings. The first-order chi connectivity index (χ1) is 9.95. The molecule has 110 valence electrons. The Bertz CT molecular complexity index is 650. The monoisotopic (exact) mass is 287 g/mol. The first kappa shape index (κ1) is 14.8. The second kappa shape index (κ2) is 6.26. The number of halogens is 1.